The van der Waals surface area contributed by atoms with Gasteiger partial charge in [0.05, 0.1) is 17.9 Å². The zero-order valence-electron chi connectivity index (χ0n) is 15.5. The van der Waals surface area contributed by atoms with E-state index < -0.39 is 53.9 Å². The van der Waals surface area contributed by atoms with E-state index in [4.69, 9.17) is 4.74 Å². The van der Waals surface area contributed by atoms with Gasteiger partial charge in [-0.3, -0.25) is 9.59 Å². The van der Waals surface area contributed by atoms with E-state index in [1.54, 1.807) is 6.08 Å². The first-order valence-corrected chi connectivity index (χ1v) is 8.90. The third-order valence-corrected chi connectivity index (χ3v) is 5.34. The van der Waals surface area contributed by atoms with Crippen molar-refractivity contribution in [3.8, 4) is 0 Å². The molecular weight excluding hydrogens is 391 g/mol. The second-order valence-corrected chi connectivity index (χ2v) is 8.50. The predicted octanol–water partition coefficient (Wildman–Crippen LogP) is 3.62. The number of rotatable bonds is 3. The third kappa shape index (κ3) is 3.19. The molecule has 0 spiro atoms. The number of ether oxygens (including phenoxy) is 3. The van der Waals surface area contributed by atoms with Crippen molar-refractivity contribution in [3.63, 3.8) is 0 Å². The van der Waals surface area contributed by atoms with Gasteiger partial charge in [0.1, 0.15) is 0 Å². The molecule has 5 atom stereocenters. The minimum absolute atomic E-state index is 0.143. The van der Waals surface area contributed by atoms with Gasteiger partial charge in [-0.1, -0.05) is 12.2 Å². The molecule has 1 saturated carbocycles. The molecule has 0 amide bonds. The molecule has 158 valence electrons. The molecule has 3 rings (SSSR count). The van der Waals surface area contributed by atoms with Crippen molar-refractivity contribution >= 4 is 11.9 Å². The average Bonchev–Trinajstić information content (AvgIpc) is 3.22. The fourth-order valence-electron chi connectivity index (χ4n) is 3.70. The lowest BCUT2D eigenvalue weighted by molar-refractivity contribution is -0.407. The largest absolute Gasteiger partial charge is 0.462 e. The molecule has 2 bridgehead atoms. The Hall–Kier alpha value is -1.71. The van der Waals surface area contributed by atoms with E-state index in [2.05, 4.69) is 9.47 Å². The zero-order chi connectivity index (χ0) is 21.1. The van der Waals surface area contributed by atoms with E-state index in [-0.39, 0.29) is 11.8 Å². The van der Waals surface area contributed by atoms with E-state index in [1.807, 2.05) is 6.08 Å². The number of allylic oxidation sites excluding steroid dienone is 2. The first kappa shape index (κ1) is 21.0. The van der Waals surface area contributed by atoms with Gasteiger partial charge < -0.3 is 14.2 Å². The van der Waals surface area contributed by atoms with E-state index in [0.29, 0.717) is 12.8 Å². The van der Waals surface area contributed by atoms with Crippen LogP contribution in [0.5, 0.6) is 0 Å². The van der Waals surface area contributed by atoms with Gasteiger partial charge in [-0.2, -0.15) is 22.0 Å². The second kappa shape index (κ2) is 6.40. The molecule has 5 nitrogen and oxygen atoms in total. The molecule has 2 fully saturated rings. The fraction of sp³-hybridized carbons (Fsp3) is 0.778. The maximum absolute atomic E-state index is 14.8. The molecule has 5 unspecified atom stereocenters. The minimum atomic E-state index is -5.74. The van der Waals surface area contributed by atoms with Crippen LogP contribution < -0.4 is 0 Å². The number of carbonyl (C=O) groups excluding carboxylic acids is 2. The van der Waals surface area contributed by atoms with E-state index in [1.165, 1.54) is 20.8 Å². The van der Waals surface area contributed by atoms with E-state index in [0.717, 1.165) is 0 Å². The molecule has 3 aliphatic rings. The molecule has 0 aromatic carbocycles. The quantitative estimate of drug-likeness (QED) is 0.403. The summed E-state index contributed by atoms with van der Waals surface area (Å²) in [6, 6.07) is 0. The van der Waals surface area contributed by atoms with Gasteiger partial charge in [-0.15, -0.1) is 0 Å². The highest BCUT2D eigenvalue weighted by Crippen LogP contribution is 2.53. The normalized spacial score (nSPS) is 36.6. The summed E-state index contributed by atoms with van der Waals surface area (Å²) in [6.45, 7) is 2.40. The van der Waals surface area contributed by atoms with Crippen LogP contribution in [-0.4, -0.2) is 42.5 Å². The predicted molar refractivity (Wildman–Crippen MR) is 84.0 cm³/mol. The van der Waals surface area contributed by atoms with Crippen LogP contribution in [0.2, 0.25) is 0 Å². The molecular formula is C18H21F5O5. The smallest absolute Gasteiger partial charge is 0.453 e. The number of halogens is 5. The number of esters is 2. The Morgan fingerprint density at radius 3 is 2.21 bits per heavy atom. The molecule has 2 aliphatic carbocycles. The topological polar surface area (TPSA) is 61.8 Å². The van der Waals surface area contributed by atoms with Crippen LogP contribution >= 0.6 is 0 Å². The van der Waals surface area contributed by atoms with Gasteiger partial charge in [-0.25, -0.2) is 0 Å². The first-order valence-electron chi connectivity index (χ1n) is 8.90. The Kier molecular flexibility index (Phi) is 4.80. The molecule has 0 radical (unpaired) electrons. The van der Waals surface area contributed by atoms with Crippen LogP contribution in [0.4, 0.5) is 22.0 Å². The SMILES string of the molecule is CC(C)(C)C(=O)OC1(C(F)(F)F)OCC(OC(=O)C2CC3C=CC2C3)C1(F)F. The summed E-state index contributed by atoms with van der Waals surface area (Å²) in [4.78, 5) is 24.2. The highest BCUT2D eigenvalue weighted by molar-refractivity contribution is 5.76. The van der Waals surface area contributed by atoms with Crippen LogP contribution in [0.1, 0.15) is 33.6 Å². The summed E-state index contributed by atoms with van der Waals surface area (Å²) in [5.41, 5.74) is -1.48. The lowest BCUT2D eigenvalue weighted by Gasteiger charge is -2.36. The van der Waals surface area contributed by atoms with Crippen molar-refractivity contribution in [1.29, 1.82) is 0 Å². The van der Waals surface area contributed by atoms with Crippen molar-refractivity contribution in [1.82, 2.24) is 0 Å². The van der Waals surface area contributed by atoms with E-state index >= 15 is 0 Å². The second-order valence-electron chi connectivity index (χ2n) is 8.50. The summed E-state index contributed by atoms with van der Waals surface area (Å²) in [5, 5.41) is 0. The molecule has 28 heavy (non-hydrogen) atoms. The monoisotopic (exact) mass is 412 g/mol. The fourth-order valence-corrected chi connectivity index (χ4v) is 3.70. The number of fused-ring (bicyclic) bond motifs is 2. The minimum Gasteiger partial charge on any atom is -0.453 e. The molecule has 0 aromatic heterocycles. The maximum atomic E-state index is 14.8. The van der Waals surface area contributed by atoms with Crippen molar-refractivity contribution < 1.29 is 45.8 Å². The van der Waals surface area contributed by atoms with Crippen LogP contribution in [-0.2, 0) is 23.8 Å². The molecule has 1 aliphatic heterocycles. The van der Waals surface area contributed by atoms with Crippen molar-refractivity contribution in [2.24, 2.45) is 23.2 Å². The summed E-state index contributed by atoms with van der Waals surface area (Å²) in [7, 11) is 0. The standard InChI is InChI=1S/C18H21F5O5/c1-15(2,3)14(25)28-17(18(21,22)23)16(19,20)12(8-26-17)27-13(24)11-7-9-4-5-10(11)6-9/h4-5,9-12H,6-8H2,1-3H3. The number of carbonyl (C=O) groups is 2. The van der Waals surface area contributed by atoms with Gasteiger partial charge in [-0.05, 0) is 45.4 Å². The average molecular weight is 412 g/mol. The Morgan fingerprint density at radius 1 is 1.11 bits per heavy atom. The lowest BCUT2D eigenvalue weighted by Crippen LogP contribution is -2.63. The van der Waals surface area contributed by atoms with Crippen LogP contribution in [0.15, 0.2) is 12.2 Å². The van der Waals surface area contributed by atoms with Gasteiger partial charge in [0, 0.05) is 0 Å². The maximum Gasteiger partial charge on any atom is 0.462 e. The third-order valence-electron chi connectivity index (χ3n) is 5.34. The highest BCUT2D eigenvalue weighted by atomic mass is 19.4. The van der Waals surface area contributed by atoms with Gasteiger partial charge in [0.2, 0.25) is 0 Å². The summed E-state index contributed by atoms with van der Waals surface area (Å²) in [5.74, 6) is -12.5. The number of hydrogen-bond acceptors (Lipinski definition) is 5. The van der Waals surface area contributed by atoms with Gasteiger partial charge >= 0.3 is 29.8 Å². The molecule has 1 heterocycles. The van der Waals surface area contributed by atoms with E-state index in [9.17, 15) is 31.5 Å². The lowest BCUT2D eigenvalue weighted by atomic mass is 9.93. The zero-order valence-corrected chi connectivity index (χ0v) is 15.5. The first-order chi connectivity index (χ1) is 12.7. The Balaban J connectivity index is 1.81. The summed E-state index contributed by atoms with van der Waals surface area (Å²) < 4.78 is 83.5. The van der Waals surface area contributed by atoms with Crippen LogP contribution in [0, 0.1) is 23.2 Å². The van der Waals surface area contributed by atoms with Crippen LogP contribution in [0.3, 0.4) is 0 Å². The molecule has 10 heteroatoms. The van der Waals surface area contributed by atoms with Crippen molar-refractivity contribution in [2.75, 3.05) is 6.61 Å². The Morgan fingerprint density at radius 2 is 1.75 bits per heavy atom. The number of hydrogen-bond donors (Lipinski definition) is 0. The molecule has 0 aromatic rings. The summed E-state index contributed by atoms with van der Waals surface area (Å²) in [6.07, 6.45) is -3.46. The Labute approximate surface area is 158 Å². The van der Waals surface area contributed by atoms with Gasteiger partial charge in [0.15, 0.2) is 6.10 Å². The van der Waals surface area contributed by atoms with Crippen molar-refractivity contribution in [2.45, 2.75) is 57.6 Å². The Bertz CT molecular complexity index is 695. The number of alkyl halides is 5. The highest BCUT2D eigenvalue weighted by Gasteiger charge is 2.82. The van der Waals surface area contributed by atoms with Crippen LogP contribution in [0.25, 0.3) is 0 Å². The van der Waals surface area contributed by atoms with Crippen molar-refractivity contribution in [3.05, 3.63) is 12.2 Å². The molecule has 1 saturated heterocycles. The van der Waals surface area contributed by atoms with Gasteiger partial charge in [0.25, 0.3) is 0 Å². The summed E-state index contributed by atoms with van der Waals surface area (Å²) >= 11 is 0. The molecule has 0 N–H and O–H groups in total.